The highest BCUT2D eigenvalue weighted by molar-refractivity contribution is 5.66. The Morgan fingerprint density at radius 3 is 2.47 bits per heavy atom. The van der Waals surface area contributed by atoms with Gasteiger partial charge in [-0.15, -0.1) is 0 Å². The number of anilines is 1. The van der Waals surface area contributed by atoms with Crippen LogP contribution in [0.25, 0.3) is 16.9 Å². The molecule has 1 fully saturated rings. The summed E-state index contributed by atoms with van der Waals surface area (Å²) in [6, 6.07) is 24.9. The van der Waals surface area contributed by atoms with E-state index in [0.717, 1.165) is 67.6 Å². The van der Waals surface area contributed by atoms with Crippen molar-refractivity contribution in [2.75, 3.05) is 31.2 Å². The molecule has 4 aromatic rings. The number of aromatic nitrogens is 3. The van der Waals surface area contributed by atoms with Crippen molar-refractivity contribution in [3.63, 3.8) is 0 Å². The lowest BCUT2D eigenvalue weighted by Crippen LogP contribution is -2.37. The topological polar surface area (TPSA) is 55.0 Å². The SMILES string of the molecule is C(CCc1ccccc1)=NCc1cc(N2CCOCC2)n2nc(-c3ccccc3)cc2n1. The molecule has 6 heteroatoms. The van der Waals surface area contributed by atoms with Crippen molar-refractivity contribution in [2.45, 2.75) is 19.4 Å². The molecular formula is C26H27N5O. The van der Waals surface area contributed by atoms with Gasteiger partial charge in [0, 0.05) is 30.8 Å². The van der Waals surface area contributed by atoms with Crippen LogP contribution in [-0.2, 0) is 17.7 Å². The molecule has 0 saturated carbocycles. The van der Waals surface area contributed by atoms with Crippen LogP contribution in [0.5, 0.6) is 0 Å². The summed E-state index contributed by atoms with van der Waals surface area (Å²) < 4.78 is 7.51. The predicted molar refractivity (Wildman–Crippen MR) is 128 cm³/mol. The highest BCUT2D eigenvalue weighted by atomic mass is 16.5. The fourth-order valence-corrected chi connectivity index (χ4v) is 3.98. The molecule has 0 atom stereocenters. The van der Waals surface area contributed by atoms with Crippen LogP contribution in [-0.4, -0.2) is 47.1 Å². The van der Waals surface area contributed by atoms with E-state index in [0.29, 0.717) is 6.54 Å². The van der Waals surface area contributed by atoms with Gasteiger partial charge in [0.05, 0.1) is 31.1 Å². The third-order valence-electron chi connectivity index (χ3n) is 5.65. The maximum atomic E-state index is 5.56. The molecule has 32 heavy (non-hydrogen) atoms. The molecule has 0 N–H and O–H groups in total. The maximum absolute atomic E-state index is 5.56. The number of rotatable bonds is 7. The quantitative estimate of drug-likeness (QED) is 0.411. The number of hydrogen-bond donors (Lipinski definition) is 0. The summed E-state index contributed by atoms with van der Waals surface area (Å²) in [5, 5.41) is 4.88. The molecule has 2 aromatic carbocycles. The van der Waals surface area contributed by atoms with Crippen LogP contribution in [0.1, 0.15) is 17.7 Å². The van der Waals surface area contributed by atoms with Gasteiger partial charge in [-0.25, -0.2) is 4.98 Å². The summed E-state index contributed by atoms with van der Waals surface area (Å²) >= 11 is 0. The van der Waals surface area contributed by atoms with E-state index in [4.69, 9.17) is 14.8 Å². The molecule has 0 spiro atoms. The summed E-state index contributed by atoms with van der Waals surface area (Å²) in [4.78, 5) is 11.8. The van der Waals surface area contributed by atoms with E-state index >= 15 is 0 Å². The number of morpholine rings is 1. The van der Waals surface area contributed by atoms with E-state index in [-0.39, 0.29) is 0 Å². The van der Waals surface area contributed by atoms with Crippen molar-refractivity contribution in [2.24, 2.45) is 4.99 Å². The molecule has 0 aliphatic carbocycles. The Labute approximate surface area is 188 Å². The van der Waals surface area contributed by atoms with Gasteiger partial charge >= 0.3 is 0 Å². The Bertz CT molecular complexity index is 1180. The van der Waals surface area contributed by atoms with Crippen LogP contribution in [0.3, 0.4) is 0 Å². The number of aryl methyl sites for hydroxylation is 1. The first kappa shape index (κ1) is 20.4. The second kappa shape index (κ2) is 9.75. The Morgan fingerprint density at radius 2 is 1.69 bits per heavy atom. The van der Waals surface area contributed by atoms with Gasteiger partial charge in [-0.3, -0.25) is 4.99 Å². The van der Waals surface area contributed by atoms with Gasteiger partial charge in [-0.1, -0.05) is 60.7 Å². The Hall–Kier alpha value is -3.51. The summed E-state index contributed by atoms with van der Waals surface area (Å²) in [6.07, 6.45) is 3.94. The number of ether oxygens (including phenoxy) is 1. The lowest BCUT2D eigenvalue weighted by atomic mass is 10.1. The van der Waals surface area contributed by atoms with Gasteiger partial charge in [0.1, 0.15) is 5.82 Å². The van der Waals surface area contributed by atoms with Crippen molar-refractivity contribution in [3.05, 3.63) is 84.1 Å². The molecule has 1 aliphatic heterocycles. The lowest BCUT2D eigenvalue weighted by Gasteiger charge is -2.29. The van der Waals surface area contributed by atoms with Gasteiger partial charge < -0.3 is 9.64 Å². The number of nitrogens with zero attached hydrogens (tertiary/aromatic N) is 5. The van der Waals surface area contributed by atoms with E-state index in [1.165, 1.54) is 5.56 Å². The van der Waals surface area contributed by atoms with Gasteiger partial charge in [0.15, 0.2) is 5.65 Å². The van der Waals surface area contributed by atoms with E-state index in [2.05, 4.69) is 58.4 Å². The van der Waals surface area contributed by atoms with Crippen LogP contribution in [0.2, 0.25) is 0 Å². The molecule has 5 rings (SSSR count). The van der Waals surface area contributed by atoms with Gasteiger partial charge in [0.25, 0.3) is 0 Å². The Kier molecular flexibility index (Phi) is 6.21. The Morgan fingerprint density at radius 1 is 0.938 bits per heavy atom. The number of aliphatic imine (C=N–C) groups is 1. The fraction of sp³-hybridized carbons (Fsp3) is 0.269. The van der Waals surface area contributed by atoms with Crippen LogP contribution >= 0.6 is 0 Å². The second-order valence-electron chi connectivity index (χ2n) is 7.92. The van der Waals surface area contributed by atoms with Crippen molar-refractivity contribution in [1.82, 2.24) is 14.6 Å². The number of hydrogen-bond acceptors (Lipinski definition) is 5. The normalized spacial score (nSPS) is 14.4. The molecule has 0 bridgehead atoms. The third-order valence-corrected chi connectivity index (χ3v) is 5.65. The van der Waals surface area contributed by atoms with Gasteiger partial charge in [-0.05, 0) is 24.6 Å². The molecular weight excluding hydrogens is 398 g/mol. The van der Waals surface area contributed by atoms with Crippen molar-refractivity contribution < 1.29 is 4.74 Å². The largest absolute Gasteiger partial charge is 0.378 e. The first-order valence-electron chi connectivity index (χ1n) is 11.2. The number of fused-ring (bicyclic) bond motifs is 1. The summed E-state index contributed by atoms with van der Waals surface area (Å²) in [7, 11) is 0. The zero-order valence-corrected chi connectivity index (χ0v) is 18.1. The smallest absolute Gasteiger partial charge is 0.158 e. The van der Waals surface area contributed by atoms with Crippen molar-refractivity contribution in [1.29, 1.82) is 0 Å². The first-order chi connectivity index (χ1) is 15.9. The molecule has 0 radical (unpaired) electrons. The second-order valence-corrected chi connectivity index (χ2v) is 7.92. The molecule has 1 saturated heterocycles. The molecule has 6 nitrogen and oxygen atoms in total. The van der Waals surface area contributed by atoms with Crippen LogP contribution in [0.15, 0.2) is 77.8 Å². The zero-order valence-electron chi connectivity index (χ0n) is 18.1. The van der Waals surface area contributed by atoms with Crippen molar-refractivity contribution >= 4 is 17.7 Å². The Balaban J connectivity index is 1.39. The molecule has 0 amide bonds. The van der Waals surface area contributed by atoms with E-state index in [9.17, 15) is 0 Å². The van der Waals surface area contributed by atoms with E-state index < -0.39 is 0 Å². The van der Waals surface area contributed by atoms with Crippen LogP contribution in [0, 0.1) is 0 Å². The highest BCUT2D eigenvalue weighted by Crippen LogP contribution is 2.24. The molecule has 162 valence electrons. The van der Waals surface area contributed by atoms with E-state index in [1.54, 1.807) is 0 Å². The van der Waals surface area contributed by atoms with E-state index in [1.807, 2.05) is 35.0 Å². The van der Waals surface area contributed by atoms with Crippen molar-refractivity contribution in [3.8, 4) is 11.3 Å². The fourth-order valence-electron chi connectivity index (χ4n) is 3.98. The monoisotopic (exact) mass is 425 g/mol. The van der Waals surface area contributed by atoms with Crippen LogP contribution < -0.4 is 4.90 Å². The minimum atomic E-state index is 0.564. The minimum absolute atomic E-state index is 0.564. The molecule has 1 aliphatic rings. The summed E-state index contributed by atoms with van der Waals surface area (Å²) in [5.41, 5.74) is 5.15. The third kappa shape index (κ3) is 4.70. The van der Waals surface area contributed by atoms with Gasteiger partial charge in [-0.2, -0.15) is 9.61 Å². The predicted octanol–water partition coefficient (Wildman–Crippen LogP) is 4.44. The molecule has 2 aromatic heterocycles. The molecule has 3 heterocycles. The average molecular weight is 426 g/mol. The number of benzene rings is 2. The zero-order chi connectivity index (χ0) is 21.6. The first-order valence-corrected chi connectivity index (χ1v) is 11.2. The van der Waals surface area contributed by atoms with Gasteiger partial charge in [0.2, 0.25) is 0 Å². The molecule has 0 unspecified atom stereocenters. The highest BCUT2D eigenvalue weighted by Gasteiger charge is 2.18. The van der Waals surface area contributed by atoms with Crippen LogP contribution in [0.4, 0.5) is 5.82 Å². The lowest BCUT2D eigenvalue weighted by molar-refractivity contribution is 0.122. The maximum Gasteiger partial charge on any atom is 0.158 e. The minimum Gasteiger partial charge on any atom is -0.378 e. The summed E-state index contributed by atoms with van der Waals surface area (Å²) in [6.45, 7) is 3.71. The average Bonchev–Trinajstić information content (AvgIpc) is 3.29. The standard InChI is InChI=1S/C26H27N5O/c1-3-8-21(9-4-1)10-7-13-27-20-23-18-26(30-14-16-32-17-15-30)31-25(28-23)19-24(29-31)22-11-5-2-6-12-22/h1-6,8-9,11-13,18-19H,7,10,14-17,20H2. The summed E-state index contributed by atoms with van der Waals surface area (Å²) in [5.74, 6) is 1.05.